The fourth-order valence-electron chi connectivity index (χ4n) is 1.82. The predicted molar refractivity (Wildman–Crippen MR) is 60.5 cm³/mol. The fraction of sp³-hybridized carbons (Fsp3) is 1.00. The van der Waals surface area contributed by atoms with Crippen molar-refractivity contribution >= 4 is 0 Å². The molecule has 2 heteroatoms. The third kappa shape index (κ3) is 4.97. The van der Waals surface area contributed by atoms with E-state index in [9.17, 15) is 0 Å². The minimum absolute atomic E-state index is 0.483. The normalized spacial score (nSPS) is 24.4. The van der Waals surface area contributed by atoms with Crippen molar-refractivity contribution in [1.82, 2.24) is 5.32 Å². The molecule has 1 N–H and O–H groups in total. The molecule has 0 amide bonds. The van der Waals surface area contributed by atoms with Gasteiger partial charge in [0, 0.05) is 19.2 Å². The molecule has 1 saturated heterocycles. The number of ether oxygens (including phenoxy) is 1. The highest BCUT2D eigenvalue weighted by molar-refractivity contribution is 4.70. The lowest BCUT2D eigenvalue weighted by atomic mass is 10.0. The Morgan fingerprint density at radius 2 is 2.07 bits per heavy atom. The van der Waals surface area contributed by atoms with Gasteiger partial charge in [-0.2, -0.15) is 0 Å². The summed E-state index contributed by atoms with van der Waals surface area (Å²) >= 11 is 0. The van der Waals surface area contributed by atoms with Crippen LogP contribution in [-0.2, 0) is 4.74 Å². The van der Waals surface area contributed by atoms with Gasteiger partial charge in [0.2, 0.25) is 0 Å². The maximum absolute atomic E-state index is 5.57. The Hall–Kier alpha value is -0.0800. The molecule has 1 aliphatic heterocycles. The van der Waals surface area contributed by atoms with Gasteiger partial charge in [0.15, 0.2) is 0 Å². The molecule has 0 bridgehead atoms. The molecule has 0 aromatic carbocycles. The standard InChI is InChI=1S/C12H25NO/c1-10(2)6-7-11(3)13-9-12-5-4-8-14-12/h10-13H,4-9H2,1-3H3/t11-,12+/m1/s1. The first-order chi connectivity index (χ1) is 6.68. The van der Waals surface area contributed by atoms with Gasteiger partial charge in [-0.05, 0) is 38.5 Å². The zero-order chi connectivity index (χ0) is 10.4. The first-order valence-electron chi connectivity index (χ1n) is 6.03. The van der Waals surface area contributed by atoms with E-state index in [2.05, 4.69) is 26.1 Å². The Labute approximate surface area is 88.4 Å². The van der Waals surface area contributed by atoms with Gasteiger partial charge in [0.05, 0.1) is 6.10 Å². The van der Waals surface area contributed by atoms with Gasteiger partial charge in [0.25, 0.3) is 0 Å². The zero-order valence-electron chi connectivity index (χ0n) is 9.88. The van der Waals surface area contributed by atoms with Gasteiger partial charge < -0.3 is 10.1 Å². The van der Waals surface area contributed by atoms with E-state index in [-0.39, 0.29) is 0 Å². The number of hydrogen-bond acceptors (Lipinski definition) is 2. The zero-order valence-corrected chi connectivity index (χ0v) is 9.88. The van der Waals surface area contributed by atoms with Crippen molar-refractivity contribution in [1.29, 1.82) is 0 Å². The first-order valence-corrected chi connectivity index (χ1v) is 6.03. The van der Waals surface area contributed by atoms with E-state index in [0.29, 0.717) is 12.1 Å². The van der Waals surface area contributed by atoms with E-state index in [4.69, 9.17) is 4.74 Å². The molecule has 84 valence electrons. The van der Waals surface area contributed by atoms with Crippen molar-refractivity contribution in [3.05, 3.63) is 0 Å². The number of hydrogen-bond donors (Lipinski definition) is 1. The summed E-state index contributed by atoms with van der Waals surface area (Å²) in [5.41, 5.74) is 0. The lowest BCUT2D eigenvalue weighted by Crippen LogP contribution is -2.33. The Morgan fingerprint density at radius 3 is 2.64 bits per heavy atom. The summed E-state index contributed by atoms with van der Waals surface area (Å²) in [6, 6.07) is 0.640. The van der Waals surface area contributed by atoms with E-state index in [1.807, 2.05) is 0 Å². The van der Waals surface area contributed by atoms with Gasteiger partial charge in [-0.3, -0.25) is 0 Å². The van der Waals surface area contributed by atoms with Crippen LogP contribution in [0.25, 0.3) is 0 Å². The molecule has 0 saturated carbocycles. The SMILES string of the molecule is CC(C)CC[C@@H](C)NC[C@@H]1CCCO1. The molecule has 0 radical (unpaired) electrons. The molecule has 14 heavy (non-hydrogen) atoms. The van der Waals surface area contributed by atoms with Crippen LogP contribution in [0.2, 0.25) is 0 Å². The molecule has 0 spiro atoms. The van der Waals surface area contributed by atoms with Gasteiger partial charge in [-0.25, -0.2) is 0 Å². The summed E-state index contributed by atoms with van der Waals surface area (Å²) in [6.45, 7) is 8.85. The highest BCUT2D eigenvalue weighted by atomic mass is 16.5. The van der Waals surface area contributed by atoms with Crippen LogP contribution in [0.5, 0.6) is 0 Å². The summed E-state index contributed by atoms with van der Waals surface area (Å²) < 4.78 is 5.57. The third-order valence-corrected chi connectivity index (χ3v) is 2.90. The van der Waals surface area contributed by atoms with Gasteiger partial charge >= 0.3 is 0 Å². The van der Waals surface area contributed by atoms with E-state index >= 15 is 0 Å². The van der Waals surface area contributed by atoms with E-state index in [1.54, 1.807) is 0 Å². The van der Waals surface area contributed by atoms with E-state index in [0.717, 1.165) is 19.1 Å². The summed E-state index contributed by atoms with van der Waals surface area (Å²) in [5.74, 6) is 0.821. The highest BCUT2D eigenvalue weighted by Crippen LogP contribution is 2.11. The monoisotopic (exact) mass is 199 g/mol. The molecule has 2 atom stereocenters. The summed E-state index contributed by atoms with van der Waals surface area (Å²) in [6.07, 6.45) is 5.57. The molecular formula is C12H25NO. The Bertz CT molecular complexity index is 141. The minimum Gasteiger partial charge on any atom is -0.377 e. The summed E-state index contributed by atoms with van der Waals surface area (Å²) in [4.78, 5) is 0. The van der Waals surface area contributed by atoms with Crippen molar-refractivity contribution in [3.63, 3.8) is 0 Å². The van der Waals surface area contributed by atoms with Crippen LogP contribution in [0.1, 0.15) is 46.5 Å². The van der Waals surface area contributed by atoms with Crippen LogP contribution in [0.4, 0.5) is 0 Å². The van der Waals surface area contributed by atoms with Crippen LogP contribution in [0, 0.1) is 5.92 Å². The molecular weight excluding hydrogens is 174 g/mol. The maximum Gasteiger partial charge on any atom is 0.0700 e. The van der Waals surface area contributed by atoms with Crippen molar-refractivity contribution in [2.75, 3.05) is 13.2 Å². The summed E-state index contributed by atoms with van der Waals surface area (Å²) in [7, 11) is 0. The fourth-order valence-corrected chi connectivity index (χ4v) is 1.82. The molecule has 0 aromatic heterocycles. The second-order valence-corrected chi connectivity index (χ2v) is 4.92. The van der Waals surface area contributed by atoms with Crippen molar-refractivity contribution in [2.24, 2.45) is 5.92 Å². The van der Waals surface area contributed by atoms with Crippen LogP contribution in [-0.4, -0.2) is 25.3 Å². The molecule has 1 heterocycles. The second kappa shape index (κ2) is 6.41. The average molecular weight is 199 g/mol. The van der Waals surface area contributed by atoms with E-state index < -0.39 is 0 Å². The Kier molecular flexibility index (Phi) is 5.49. The largest absolute Gasteiger partial charge is 0.377 e. The third-order valence-electron chi connectivity index (χ3n) is 2.90. The van der Waals surface area contributed by atoms with Gasteiger partial charge in [-0.15, -0.1) is 0 Å². The smallest absolute Gasteiger partial charge is 0.0700 e. The maximum atomic E-state index is 5.57. The van der Waals surface area contributed by atoms with Crippen LogP contribution in [0.3, 0.4) is 0 Å². The molecule has 2 nitrogen and oxygen atoms in total. The predicted octanol–water partition coefficient (Wildman–Crippen LogP) is 2.58. The number of rotatable bonds is 6. The van der Waals surface area contributed by atoms with Crippen molar-refractivity contribution in [3.8, 4) is 0 Å². The Balaban J connectivity index is 1.99. The molecule has 1 fully saturated rings. The van der Waals surface area contributed by atoms with Gasteiger partial charge in [-0.1, -0.05) is 13.8 Å². The van der Waals surface area contributed by atoms with Crippen LogP contribution < -0.4 is 5.32 Å². The quantitative estimate of drug-likeness (QED) is 0.710. The molecule has 0 unspecified atom stereocenters. The van der Waals surface area contributed by atoms with Gasteiger partial charge in [0.1, 0.15) is 0 Å². The molecule has 1 rings (SSSR count). The molecule has 0 aromatic rings. The van der Waals surface area contributed by atoms with Crippen molar-refractivity contribution in [2.45, 2.75) is 58.6 Å². The second-order valence-electron chi connectivity index (χ2n) is 4.92. The average Bonchev–Trinajstić information content (AvgIpc) is 2.63. The lowest BCUT2D eigenvalue weighted by molar-refractivity contribution is 0.107. The highest BCUT2D eigenvalue weighted by Gasteiger charge is 2.15. The van der Waals surface area contributed by atoms with E-state index in [1.165, 1.54) is 25.7 Å². The molecule has 1 aliphatic rings. The lowest BCUT2D eigenvalue weighted by Gasteiger charge is -2.17. The Morgan fingerprint density at radius 1 is 1.29 bits per heavy atom. The number of nitrogens with one attached hydrogen (secondary N) is 1. The van der Waals surface area contributed by atoms with Crippen LogP contribution in [0.15, 0.2) is 0 Å². The van der Waals surface area contributed by atoms with Crippen molar-refractivity contribution < 1.29 is 4.74 Å². The minimum atomic E-state index is 0.483. The topological polar surface area (TPSA) is 21.3 Å². The first kappa shape index (κ1) is 12.0. The molecule has 0 aliphatic carbocycles. The van der Waals surface area contributed by atoms with Crippen LogP contribution >= 0.6 is 0 Å². The summed E-state index contributed by atoms with van der Waals surface area (Å²) in [5, 5.41) is 3.55.